The molecule has 0 spiro atoms. The molecule has 1 fully saturated rings. The molecule has 11 heteroatoms. The van der Waals surface area contributed by atoms with Crippen LogP contribution in [0.4, 0.5) is 4.79 Å². The zero-order valence-corrected chi connectivity index (χ0v) is 26.0. The fourth-order valence-corrected chi connectivity index (χ4v) is 4.73. The summed E-state index contributed by atoms with van der Waals surface area (Å²) in [6.45, 7) is 8.48. The first-order valence-corrected chi connectivity index (χ1v) is 14.7. The van der Waals surface area contributed by atoms with Gasteiger partial charge in [0.05, 0.1) is 32.4 Å². The molecular weight excluding hydrogens is 592 g/mol. The predicted octanol–water partition coefficient (Wildman–Crippen LogP) is 5.55. The third-order valence-corrected chi connectivity index (χ3v) is 6.93. The monoisotopic (exact) mass is 628 g/mol. The molecule has 4 amide bonds. The number of carboxylic acids is 1. The van der Waals surface area contributed by atoms with Gasteiger partial charge in [-0.1, -0.05) is 31.2 Å². The molecule has 1 aliphatic rings. The second-order valence-corrected chi connectivity index (χ2v) is 10.3. The largest absolute Gasteiger partial charge is 0.493 e. The summed E-state index contributed by atoms with van der Waals surface area (Å²) in [5, 5.41) is 11.4. The van der Waals surface area contributed by atoms with Crippen molar-refractivity contribution in [2.45, 2.75) is 39.8 Å². The number of carboxylic acid groups (broad SMARTS) is 1. The van der Waals surface area contributed by atoms with Crippen LogP contribution in [-0.2, 0) is 29.2 Å². The summed E-state index contributed by atoms with van der Waals surface area (Å²) < 4.78 is 23.1. The topological polar surface area (TPSA) is 141 Å². The first-order chi connectivity index (χ1) is 22.2. The maximum absolute atomic E-state index is 13.5. The van der Waals surface area contributed by atoms with Crippen LogP contribution in [0.3, 0.4) is 0 Å². The van der Waals surface area contributed by atoms with Crippen molar-refractivity contribution in [3.8, 4) is 23.0 Å². The van der Waals surface area contributed by atoms with Crippen LogP contribution in [0.15, 0.2) is 72.8 Å². The van der Waals surface area contributed by atoms with Crippen LogP contribution in [0, 0.1) is 0 Å². The van der Waals surface area contributed by atoms with Crippen LogP contribution in [-0.4, -0.2) is 54.1 Å². The zero-order chi connectivity index (χ0) is 33.2. The smallest absolute Gasteiger partial charge is 0.335 e. The van der Waals surface area contributed by atoms with E-state index < -0.39 is 23.8 Å². The molecule has 3 aromatic rings. The summed E-state index contributed by atoms with van der Waals surface area (Å²) in [6.07, 6.45) is 4.29. The van der Waals surface area contributed by atoms with E-state index in [2.05, 4.69) is 11.9 Å². The number of allylic oxidation sites excluding steroid dienone is 1. The second kappa shape index (κ2) is 15.4. The van der Waals surface area contributed by atoms with Gasteiger partial charge in [0.25, 0.3) is 11.8 Å². The summed E-state index contributed by atoms with van der Waals surface area (Å²) in [5.74, 6) is -0.767. The number of nitrogens with one attached hydrogen (secondary N) is 1. The Balaban J connectivity index is 1.63. The average Bonchev–Trinajstić information content (AvgIpc) is 3.04. The lowest BCUT2D eigenvalue weighted by atomic mass is 10.0. The Labute approximate surface area is 267 Å². The molecule has 0 unspecified atom stereocenters. The van der Waals surface area contributed by atoms with Crippen LogP contribution in [0.2, 0.25) is 0 Å². The molecule has 0 bridgehead atoms. The Morgan fingerprint density at radius 2 is 1.67 bits per heavy atom. The Hall–Kier alpha value is -5.58. The molecule has 0 atom stereocenters. The number of methoxy groups -OCH3 is 1. The summed E-state index contributed by atoms with van der Waals surface area (Å²) in [7, 11) is 1.50. The molecule has 0 radical (unpaired) electrons. The number of amides is 4. The van der Waals surface area contributed by atoms with Crippen LogP contribution in [0.5, 0.6) is 23.0 Å². The van der Waals surface area contributed by atoms with Gasteiger partial charge in [0, 0.05) is 5.56 Å². The molecule has 240 valence electrons. The zero-order valence-electron chi connectivity index (χ0n) is 26.0. The van der Waals surface area contributed by atoms with Gasteiger partial charge in [0.2, 0.25) is 0 Å². The number of imide groups is 2. The number of aromatic carboxylic acids is 1. The van der Waals surface area contributed by atoms with Crippen molar-refractivity contribution >= 4 is 29.9 Å². The third kappa shape index (κ3) is 7.92. The Morgan fingerprint density at radius 1 is 0.935 bits per heavy atom. The Morgan fingerprint density at radius 3 is 2.33 bits per heavy atom. The minimum absolute atomic E-state index is 0.105. The highest BCUT2D eigenvalue weighted by atomic mass is 16.5. The van der Waals surface area contributed by atoms with E-state index in [4.69, 9.17) is 24.1 Å². The number of carbonyl (C=O) groups excluding carboxylic acids is 3. The number of barbiturate groups is 1. The number of rotatable bonds is 15. The maximum Gasteiger partial charge on any atom is 0.335 e. The predicted molar refractivity (Wildman–Crippen MR) is 170 cm³/mol. The van der Waals surface area contributed by atoms with E-state index in [1.165, 1.54) is 25.3 Å². The highest BCUT2D eigenvalue weighted by molar-refractivity contribution is 6.31. The van der Waals surface area contributed by atoms with Crippen molar-refractivity contribution in [1.29, 1.82) is 0 Å². The molecule has 46 heavy (non-hydrogen) atoms. The lowest BCUT2D eigenvalue weighted by Crippen LogP contribution is -2.53. The fourth-order valence-electron chi connectivity index (χ4n) is 4.73. The van der Waals surface area contributed by atoms with Crippen molar-refractivity contribution in [2.24, 2.45) is 0 Å². The highest BCUT2D eigenvalue weighted by Crippen LogP contribution is 2.36. The summed E-state index contributed by atoms with van der Waals surface area (Å²) >= 11 is 0. The molecule has 1 heterocycles. The van der Waals surface area contributed by atoms with Crippen molar-refractivity contribution in [1.82, 2.24) is 10.2 Å². The molecule has 3 aromatic carbocycles. The quantitative estimate of drug-likeness (QED) is 0.126. The van der Waals surface area contributed by atoms with Crippen LogP contribution in [0.25, 0.3) is 6.08 Å². The molecule has 0 aromatic heterocycles. The van der Waals surface area contributed by atoms with E-state index >= 15 is 0 Å². The van der Waals surface area contributed by atoms with Gasteiger partial charge in [-0.2, -0.15) is 0 Å². The van der Waals surface area contributed by atoms with E-state index in [9.17, 15) is 19.2 Å². The van der Waals surface area contributed by atoms with Gasteiger partial charge >= 0.3 is 12.0 Å². The van der Waals surface area contributed by atoms with E-state index in [0.29, 0.717) is 59.3 Å². The molecule has 0 saturated carbocycles. The van der Waals surface area contributed by atoms with Gasteiger partial charge in [-0.3, -0.25) is 19.8 Å². The van der Waals surface area contributed by atoms with Gasteiger partial charge in [-0.05, 0) is 78.9 Å². The molecule has 11 nitrogen and oxygen atoms in total. The first kappa shape index (κ1) is 33.3. The van der Waals surface area contributed by atoms with Crippen molar-refractivity contribution in [3.63, 3.8) is 0 Å². The molecule has 0 aliphatic carbocycles. The molecular formula is C35H36N2O9. The summed E-state index contributed by atoms with van der Waals surface area (Å²) in [5.41, 5.74) is 2.45. The highest BCUT2D eigenvalue weighted by Gasteiger charge is 2.36. The number of urea groups is 1. The first-order valence-electron chi connectivity index (χ1n) is 14.7. The number of ether oxygens (including phenoxy) is 4. The van der Waals surface area contributed by atoms with Crippen LogP contribution >= 0.6 is 0 Å². The molecule has 4 rings (SSSR count). The minimum Gasteiger partial charge on any atom is -0.493 e. The van der Waals surface area contributed by atoms with E-state index in [0.717, 1.165) is 16.9 Å². The lowest BCUT2D eigenvalue weighted by Gasteiger charge is -2.26. The SMILES string of the molecule is C=CCc1cc(/C=C2\C(=O)NC(=O)N(Cc3ccc(OCCC)c(OC)c3)C2=O)cc(OCC)c1OCc1ccc(C(=O)O)cc1. The number of nitrogens with zero attached hydrogens (tertiary/aromatic N) is 1. The fraction of sp³-hybridized carbons (Fsp3) is 0.257. The van der Waals surface area contributed by atoms with Crippen molar-refractivity contribution in [2.75, 3.05) is 20.3 Å². The van der Waals surface area contributed by atoms with Crippen LogP contribution < -0.4 is 24.3 Å². The number of carbonyl (C=O) groups is 4. The molecule has 1 saturated heterocycles. The van der Waals surface area contributed by atoms with E-state index in [1.54, 1.807) is 48.5 Å². The second-order valence-electron chi connectivity index (χ2n) is 10.3. The summed E-state index contributed by atoms with van der Waals surface area (Å²) in [4.78, 5) is 51.3. The normalized spacial score (nSPS) is 13.8. The van der Waals surface area contributed by atoms with Gasteiger partial charge in [-0.15, -0.1) is 6.58 Å². The average molecular weight is 629 g/mol. The molecule has 1 aliphatic heterocycles. The standard InChI is InChI=1S/C35H36N2O9/c1-5-8-26-16-24(19-30(44-7-3)31(26)46-21-22-9-12-25(13-10-22)34(40)41)17-27-32(38)36-35(42)37(33(27)39)20-23-11-14-28(45-15-6-2)29(18-23)43-4/h5,9-14,16-19H,1,6-8,15,20-21H2,2-4H3,(H,40,41)(H,36,38,42)/b27-17+. The van der Waals surface area contributed by atoms with Crippen LogP contribution in [0.1, 0.15) is 52.9 Å². The number of hydrogen-bond donors (Lipinski definition) is 2. The van der Waals surface area contributed by atoms with Gasteiger partial charge < -0.3 is 24.1 Å². The molecule has 2 N–H and O–H groups in total. The van der Waals surface area contributed by atoms with Crippen molar-refractivity contribution < 1.29 is 43.2 Å². The minimum atomic E-state index is -1.02. The van der Waals surface area contributed by atoms with Gasteiger partial charge in [0.1, 0.15) is 12.2 Å². The summed E-state index contributed by atoms with van der Waals surface area (Å²) in [6, 6.07) is 14.0. The van der Waals surface area contributed by atoms with E-state index in [1.807, 2.05) is 13.8 Å². The Bertz CT molecular complexity index is 1660. The maximum atomic E-state index is 13.5. The van der Waals surface area contributed by atoms with E-state index in [-0.39, 0.29) is 24.3 Å². The lowest BCUT2D eigenvalue weighted by molar-refractivity contribution is -0.130. The van der Waals surface area contributed by atoms with Gasteiger partial charge in [-0.25, -0.2) is 9.59 Å². The van der Waals surface area contributed by atoms with Crippen molar-refractivity contribution in [3.05, 3.63) is 101 Å². The number of hydrogen-bond acceptors (Lipinski definition) is 8. The van der Waals surface area contributed by atoms with Gasteiger partial charge in [0.15, 0.2) is 23.0 Å². The third-order valence-electron chi connectivity index (χ3n) is 6.93. The Kier molecular flexibility index (Phi) is 11.2. The number of benzene rings is 3.